The number of ether oxygens (including phenoxy) is 2. The first-order chi connectivity index (χ1) is 16.0. The minimum Gasteiger partial charge on any atom is -0.493 e. The Kier molecular flexibility index (Phi) is 6.99. The van der Waals surface area contributed by atoms with Crippen molar-refractivity contribution in [3.63, 3.8) is 0 Å². The number of aryl methyl sites for hydroxylation is 1. The highest BCUT2D eigenvalue weighted by atomic mass is 32.1. The van der Waals surface area contributed by atoms with Crippen LogP contribution in [0.1, 0.15) is 30.5 Å². The number of methoxy groups -OCH3 is 1. The zero-order valence-corrected chi connectivity index (χ0v) is 19.2. The van der Waals surface area contributed by atoms with Gasteiger partial charge >= 0.3 is 0 Å². The number of nitrogens with one attached hydrogen (secondary N) is 1. The Bertz CT molecular complexity index is 1300. The molecule has 0 radical (unpaired) electrons. The molecule has 1 amide bonds. The van der Waals surface area contributed by atoms with Gasteiger partial charge in [-0.25, -0.2) is 4.98 Å². The van der Waals surface area contributed by atoms with Crippen LogP contribution in [0.25, 0.3) is 10.2 Å². The number of carbonyl (C=O) groups excluding carboxylic acids is 1. The molecule has 3 aromatic heterocycles. The van der Waals surface area contributed by atoms with E-state index >= 15 is 0 Å². The molecule has 3 heterocycles. The molecular weight excluding hydrogens is 440 g/mol. The minimum absolute atomic E-state index is 0.130. The fourth-order valence-corrected chi connectivity index (χ4v) is 4.11. The topological polar surface area (TPSA) is 95.3 Å². The minimum atomic E-state index is -0.241. The molecule has 4 aromatic rings. The smallest absolute Gasteiger partial charge is 0.262 e. The number of carbonyl (C=O) groups is 1. The Labute approximate surface area is 194 Å². The van der Waals surface area contributed by atoms with Crippen molar-refractivity contribution in [2.24, 2.45) is 0 Å². The summed E-state index contributed by atoms with van der Waals surface area (Å²) in [5.41, 5.74) is 1.76. The molecule has 0 saturated heterocycles. The van der Waals surface area contributed by atoms with Gasteiger partial charge in [0, 0.05) is 25.4 Å². The fourth-order valence-electron chi connectivity index (χ4n) is 3.38. The first-order valence-electron chi connectivity index (χ1n) is 10.5. The maximum Gasteiger partial charge on any atom is 0.262 e. The molecule has 170 valence electrons. The molecule has 1 atom stereocenters. The van der Waals surface area contributed by atoms with Crippen LogP contribution < -0.4 is 20.3 Å². The standard InChI is InChI=1S/C24H24N4O4S/c1-16(27-22(29)7-11-28-15-26-23-19(24(28)30)8-12-33-23)18-3-4-20(21(13-18)31-2)32-14-17-5-9-25-10-6-17/h3-6,8-10,12-13,15-16H,7,11,14H2,1-2H3,(H,27,29). The summed E-state index contributed by atoms with van der Waals surface area (Å²) in [5.74, 6) is 1.05. The highest BCUT2D eigenvalue weighted by Crippen LogP contribution is 2.31. The lowest BCUT2D eigenvalue weighted by Gasteiger charge is -2.17. The summed E-state index contributed by atoms with van der Waals surface area (Å²) in [6.07, 6.45) is 5.10. The lowest BCUT2D eigenvalue weighted by molar-refractivity contribution is -0.121. The maximum atomic E-state index is 12.5. The Morgan fingerprint density at radius 2 is 2.00 bits per heavy atom. The summed E-state index contributed by atoms with van der Waals surface area (Å²) in [5, 5.41) is 5.38. The predicted octanol–water partition coefficient (Wildman–Crippen LogP) is 3.71. The van der Waals surface area contributed by atoms with Crippen molar-refractivity contribution in [2.75, 3.05) is 7.11 Å². The normalized spacial score (nSPS) is 11.8. The first kappa shape index (κ1) is 22.5. The van der Waals surface area contributed by atoms with E-state index in [4.69, 9.17) is 9.47 Å². The zero-order valence-electron chi connectivity index (χ0n) is 18.4. The highest BCUT2D eigenvalue weighted by molar-refractivity contribution is 7.16. The van der Waals surface area contributed by atoms with Gasteiger partial charge in [-0.3, -0.25) is 19.1 Å². The average Bonchev–Trinajstić information content (AvgIpc) is 3.32. The molecule has 4 rings (SSSR count). The van der Waals surface area contributed by atoms with Crippen molar-refractivity contribution in [1.82, 2.24) is 19.9 Å². The van der Waals surface area contributed by atoms with Crippen LogP contribution in [-0.4, -0.2) is 27.6 Å². The summed E-state index contributed by atoms with van der Waals surface area (Å²) >= 11 is 1.42. The summed E-state index contributed by atoms with van der Waals surface area (Å²) in [7, 11) is 1.58. The second kappa shape index (κ2) is 10.3. The van der Waals surface area contributed by atoms with Gasteiger partial charge in [0.1, 0.15) is 11.4 Å². The van der Waals surface area contributed by atoms with Crippen LogP contribution >= 0.6 is 11.3 Å². The van der Waals surface area contributed by atoms with Crippen LogP contribution in [-0.2, 0) is 17.9 Å². The third-order valence-electron chi connectivity index (χ3n) is 5.24. The molecule has 0 aliphatic heterocycles. The van der Waals surface area contributed by atoms with Crippen molar-refractivity contribution >= 4 is 27.5 Å². The van der Waals surface area contributed by atoms with Crippen LogP contribution in [0.4, 0.5) is 0 Å². The second-order valence-corrected chi connectivity index (χ2v) is 8.37. The maximum absolute atomic E-state index is 12.5. The Morgan fingerprint density at radius 1 is 1.18 bits per heavy atom. The number of aromatic nitrogens is 3. The number of fused-ring (bicyclic) bond motifs is 1. The third kappa shape index (κ3) is 5.38. The van der Waals surface area contributed by atoms with E-state index in [0.717, 1.165) is 11.1 Å². The lowest BCUT2D eigenvalue weighted by atomic mass is 10.1. The van der Waals surface area contributed by atoms with E-state index in [1.807, 2.05) is 42.6 Å². The molecule has 33 heavy (non-hydrogen) atoms. The zero-order chi connectivity index (χ0) is 23.2. The number of nitrogens with zero attached hydrogens (tertiary/aromatic N) is 3. The molecule has 0 fully saturated rings. The lowest BCUT2D eigenvalue weighted by Crippen LogP contribution is -2.29. The largest absolute Gasteiger partial charge is 0.493 e. The van der Waals surface area contributed by atoms with E-state index in [1.165, 1.54) is 22.2 Å². The Balaban J connectivity index is 1.35. The molecule has 9 heteroatoms. The molecule has 0 saturated carbocycles. The molecule has 0 aliphatic carbocycles. The van der Waals surface area contributed by atoms with Crippen molar-refractivity contribution < 1.29 is 14.3 Å². The van der Waals surface area contributed by atoms with Gasteiger partial charge in [0.15, 0.2) is 11.5 Å². The summed E-state index contributed by atoms with van der Waals surface area (Å²) < 4.78 is 12.8. The number of hydrogen-bond donors (Lipinski definition) is 1. The monoisotopic (exact) mass is 464 g/mol. The van der Waals surface area contributed by atoms with Crippen LogP contribution in [0.15, 0.2) is 65.3 Å². The summed E-state index contributed by atoms with van der Waals surface area (Å²) in [4.78, 5) is 33.9. The Morgan fingerprint density at radius 3 is 2.79 bits per heavy atom. The number of hydrogen-bond acceptors (Lipinski definition) is 7. The highest BCUT2D eigenvalue weighted by Gasteiger charge is 2.14. The van der Waals surface area contributed by atoms with Crippen molar-refractivity contribution in [1.29, 1.82) is 0 Å². The van der Waals surface area contributed by atoms with Gasteiger partial charge in [0.25, 0.3) is 5.56 Å². The van der Waals surface area contributed by atoms with Crippen molar-refractivity contribution in [3.05, 3.63) is 82.0 Å². The third-order valence-corrected chi connectivity index (χ3v) is 6.06. The van der Waals surface area contributed by atoms with Gasteiger partial charge in [-0.05, 0) is 53.8 Å². The van der Waals surface area contributed by atoms with Gasteiger partial charge in [0.05, 0.1) is 24.9 Å². The van der Waals surface area contributed by atoms with Gasteiger partial charge in [-0.1, -0.05) is 6.07 Å². The molecule has 0 aliphatic rings. The molecule has 0 spiro atoms. The van der Waals surface area contributed by atoms with Crippen LogP contribution in [0.2, 0.25) is 0 Å². The van der Waals surface area contributed by atoms with E-state index < -0.39 is 0 Å². The van der Waals surface area contributed by atoms with Gasteiger partial charge in [-0.2, -0.15) is 0 Å². The number of amides is 1. The van der Waals surface area contributed by atoms with Crippen LogP contribution in [0, 0.1) is 0 Å². The molecule has 1 aromatic carbocycles. The molecule has 1 N–H and O–H groups in total. The van der Waals surface area contributed by atoms with Crippen molar-refractivity contribution in [2.45, 2.75) is 32.5 Å². The predicted molar refractivity (Wildman–Crippen MR) is 127 cm³/mol. The number of rotatable bonds is 9. The second-order valence-electron chi connectivity index (χ2n) is 7.48. The molecule has 1 unspecified atom stereocenters. The van der Waals surface area contributed by atoms with E-state index in [-0.39, 0.29) is 30.5 Å². The molecule has 0 bridgehead atoms. The number of benzene rings is 1. The molecule has 8 nitrogen and oxygen atoms in total. The van der Waals surface area contributed by atoms with Crippen LogP contribution in [0.5, 0.6) is 11.5 Å². The number of pyridine rings is 1. The number of thiophene rings is 1. The van der Waals surface area contributed by atoms with Crippen LogP contribution in [0.3, 0.4) is 0 Å². The van der Waals surface area contributed by atoms with Crippen molar-refractivity contribution in [3.8, 4) is 11.5 Å². The van der Waals surface area contributed by atoms with E-state index in [0.29, 0.717) is 28.3 Å². The van der Waals surface area contributed by atoms with Gasteiger partial charge < -0.3 is 14.8 Å². The summed E-state index contributed by atoms with van der Waals surface area (Å²) in [6.45, 7) is 2.56. The van der Waals surface area contributed by atoms with E-state index in [2.05, 4.69) is 15.3 Å². The van der Waals surface area contributed by atoms with Gasteiger partial charge in [-0.15, -0.1) is 11.3 Å². The van der Waals surface area contributed by atoms with E-state index in [1.54, 1.807) is 25.6 Å². The molecular formula is C24H24N4O4S. The van der Waals surface area contributed by atoms with E-state index in [9.17, 15) is 9.59 Å². The van der Waals surface area contributed by atoms with Gasteiger partial charge in [0.2, 0.25) is 5.91 Å². The first-order valence-corrected chi connectivity index (χ1v) is 11.3. The fraction of sp³-hybridized carbons (Fsp3) is 0.250. The quantitative estimate of drug-likeness (QED) is 0.406. The average molecular weight is 465 g/mol. The summed E-state index contributed by atoms with van der Waals surface area (Å²) in [6, 6.07) is 10.9. The SMILES string of the molecule is COc1cc(C(C)NC(=O)CCn2cnc3sccc3c2=O)ccc1OCc1ccncc1. The Hall–Kier alpha value is -3.72.